The molecule has 2 aromatic rings. The molecule has 0 bridgehead atoms. The summed E-state index contributed by atoms with van der Waals surface area (Å²) in [6, 6.07) is 1.80. The third-order valence-electron chi connectivity index (χ3n) is 2.57. The van der Waals surface area contributed by atoms with Crippen LogP contribution in [0.2, 0.25) is 0 Å². The van der Waals surface area contributed by atoms with Crippen LogP contribution in [0.25, 0.3) is 0 Å². The zero-order valence-electron chi connectivity index (χ0n) is 10.4. The van der Waals surface area contributed by atoms with Crippen LogP contribution in [0.1, 0.15) is 25.0 Å². The maximum Gasteiger partial charge on any atom is 0.348 e. The van der Waals surface area contributed by atoms with E-state index in [0.717, 1.165) is 15.3 Å². The summed E-state index contributed by atoms with van der Waals surface area (Å²) < 4.78 is 6.35. The second-order valence-corrected chi connectivity index (χ2v) is 6.37. The first-order valence-electron chi connectivity index (χ1n) is 5.35. The van der Waals surface area contributed by atoms with E-state index in [4.69, 9.17) is 0 Å². The van der Waals surface area contributed by atoms with Gasteiger partial charge in [-0.15, -0.1) is 11.3 Å². The molecule has 0 saturated carbocycles. The number of thiazole rings is 1. The number of ether oxygens (including phenoxy) is 1. The van der Waals surface area contributed by atoms with Gasteiger partial charge in [0.15, 0.2) is 0 Å². The number of thiophene rings is 1. The zero-order valence-corrected chi connectivity index (χ0v) is 12.0. The highest BCUT2D eigenvalue weighted by Gasteiger charge is 2.13. The van der Waals surface area contributed by atoms with Crippen LogP contribution in [0.5, 0.6) is 0 Å². The van der Waals surface area contributed by atoms with Crippen molar-refractivity contribution in [2.75, 3.05) is 7.11 Å². The molecule has 96 valence electrons. The smallest absolute Gasteiger partial charge is 0.348 e. The average Bonchev–Trinajstić information content (AvgIpc) is 2.83. The second-order valence-electron chi connectivity index (χ2n) is 3.92. The van der Waals surface area contributed by atoms with Crippen LogP contribution in [0.3, 0.4) is 0 Å². The van der Waals surface area contributed by atoms with Crippen LogP contribution in [0.15, 0.2) is 17.1 Å². The van der Waals surface area contributed by atoms with Gasteiger partial charge in [-0.1, -0.05) is 11.3 Å². The van der Waals surface area contributed by atoms with Crippen molar-refractivity contribution in [1.29, 1.82) is 0 Å². The first-order chi connectivity index (χ1) is 8.51. The molecule has 0 N–H and O–H groups in total. The van der Waals surface area contributed by atoms with Gasteiger partial charge in [-0.25, -0.2) is 4.79 Å². The summed E-state index contributed by atoms with van der Waals surface area (Å²) in [5, 5.41) is 0. The molecule has 0 unspecified atom stereocenters. The van der Waals surface area contributed by atoms with Crippen LogP contribution in [0.4, 0.5) is 0 Å². The minimum absolute atomic E-state index is 0.0257. The molecule has 2 heterocycles. The Hall–Kier alpha value is -1.40. The second kappa shape index (κ2) is 5.07. The molecule has 0 aliphatic rings. The highest BCUT2D eigenvalue weighted by Crippen LogP contribution is 2.23. The topological polar surface area (TPSA) is 48.3 Å². The molecule has 0 spiro atoms. The maximum atomic E-state index is 11.6. The molecule has 2 aromatic heterocycles. The predicted octanol–water partition coefficient (Wildman–Crippen LogP) is 2.42. The summed E-state index contributed by atoms with van der Waals surface area (Å²) in [4.78, 5) is 25.7. The Labute approximate surface area is 112 Å². The molecular weight excluding hydrogens is 270 g/mol. The van der Waals surface area contributed by atoms with Gasteiger partial charge in [-0.05, 0) is 25.5 Å². The first-order valence-corrected chi connectivity index (χ1v) is 6.99. The lowest BCUT2D eigenvalue weighted by Gasteiger charge is -1.99. The fourth-order valence-electron chi connectivity index (χ4n) is 1.67. The molecule has 0 amide bonds. The van der Waals surface area contributed by atoms with Gasteiger partial charge in [-0.3, -0.25) is 4.79 Å². The largest absolute Gasteiger partial charge is 0.465 e. The van der Waals surface area contributed by atoms with Crippen LogP contribution < -0.4 is 4.87 Å². The number of carbonyl (C=O) groups is 1. The summed E-state index contributed by atoms with van der Waals surface area (Å²) in [7, 11) is 1.36. The number of aromatic nitrogens is 1. The molecule has 2 rings (SSSR count). The Morgan fingerprint density at radius 1 is 1.39 bits per heavy atom. The minimum Gasteiger partial charge on any atom is -0.465 e. The molecule has 6 heteroatoms. The van der Waals surface area contributed by atoms with E-state index in [1.54, 1.807) is 10.6 Å². The van der Waals surface area contributed by atoms with Crippen molar-refractivity contribution in [2.45, 2.75) is 20.4 Å². The van der Waals surface area contributed by atoms with E-state index < -0.39 is 0 Å². The lowest BCUT2D eigenvalue weighted by atomic mass is 10.2. The summed E-state index contributed by atoms with van der Waals surface area (Å²) >= 11 is 2.62. The monoisotopic (exact) mass is 283 g/mol. The van der Waals surface area contributed by atoms with Gasteiger partial charge in [0.25, 0.3) is 0 Å². The number of aryl methyl sites for hydroxylation is 2. The van der Waals surface area contributed by atoms with E-state index in [9.17, 15) is 9.59 Å². The van der Waals surface area contributed by atoms with E-state index >= 15 is 0 Å². The minimum atomic E-state index is -0.330. The van der Waals surface area contributed by atoms with Crippen molar-refractivity contribution < 1.29 is 9.53 Å². The van der Waals surface area contributed by atoms with E-state index in [-0.39, 0.29) is 10.8 Å². The van der Waals surface area contributed by atoms with Crippen molar-refractivity contribution in [3.63, 3.8) is 0 Å². The quantitative estimate of drug-likeness (QED) is 0.813. The van der Waals surface area contributed by atoms with Crippen molar-refractivity contribution in [2.24, 2.45) is 0 Å². The van der Waals surface area contributed by atoms with E-state index in [1.165, 1.54) is 29.8 Å². The Bertz CT molecular complexity index is 636. The lowest BCUT2D eigenvalue weighted by molar-refractivity contribution is 0.0606. The molecular formula is C12H13NO3S2. The molecule has 4 nitrogen and oxygen atoms in total. The van der Waals surface area contributed by atoms with Crippen molar-refractivity contribution >= 4 is 28.6 Å². The third kappa shape index (κ3) is 2.54. The molecule has 0 fully saturated rings. The average molecular weight is 283 g/mol. The molecule has 0 saturated heterocycles. The number of methoxy groups -OCH3 is 1. The van der Waals surface area contributed by atoms with Gasteiger partial charge < -0.3 is 9.30 Å². The van der Waals surface area contributed by atoms with E-state index in [1.807, 2.05) is 20.0 Å². The van der Waals surface area contributed by atoms with Gasteiger partial charge >= 0.3 is 10.8 Å². The molecule has 18 heavy (non-hydrogen) atoms. The number of carbonyl (C=O) groups excluding carboxylic acids is 1. The number of esters is 1. The normalized spacial score (nSPS) is 10.6. The number of hydrogen-bond donors (Lipinski definition) is 0. The summed E-state index contributed by atoms with van der Waals surface area (Å²) in [6.45, 7) is 4.35. The SMILES string of the molecule is COC(=O)c1cc(Cn2cc(C)sc2=O)c(C)s1. The van der Waals surface area contributed by atoms with Crippen LogP contribution in [0, 0.1) is 13.8 Å². The standard InChI is InChI=1S/C12H13NO3S2/c1-7-5-13(12(15)17-7)6-9-4-10(11(14)16-3)18-8(9)2/h4-5H,6H2,1-3H3. The molecule has 0 radical (unpaired) electrons. The van der Waals surface area contributed by atoms with E-state index in [0.29, 0.717) is 11.4 Å². The molecule has 0 atom stereocenters. The Balaban J connectivity index is 2.30. The van der Waals surface area contributed by atoms with Gasteiger partial charge in [0.05, 0.1) is 13.7 Å². The summed E-state index contributed by atoms with van der Waals surface area (Å²) in [5.41, 5.74) is 0.986. The lowest BCUT2D eigenvalue weighted by Crippen LogP contribution is -2.12. The van der Waals surface area contributed by atoms with Crippen molar-refractivity contribution in [3.8, 4) is 0 Å². The zero-order chi connectivity index (χ0) is 13.3. The van der Waals surface area contributed by atoms with Gasteiger partial charge in [0, 0.05) is 16.0 Å². The Morgan fingerprint density at radius 3 is 2.67 bits per heavy atom. The first kappa shape index (κ1) is 13.0. The highest BCUT2D eigenvalue weighted by molar-refractivity contribution is 7.14. The highest BCUT2D eigenvalue weighted by atomic mass is 32.1. The fraction of sp³-hybridized carbons (Fsp3) is 0.333. The van der Waals surface area contributed by atoms with E-state index in [2.05, 4.69) is 4.74 Å². The third-order valence-corrected chi connectivity index (χ3v) is 4.48. The van der Waals surface area contributed by atoms with Gasteiger partial charge in [0.2, 0.25) is 0 Å². The van der Waals surface area contributed by atoms with Crippen LogP contribution in [-0.2, 0) is 11.3 Å². The van der Waals surface area contributed by atoms with Crippen molar-refractivity contribution in [3.05, 3.63) is 42.1 Å². The summed E-state index contributed by atoms with van der Waals surface area (Å²) in [6.07, 6.45) is 1.84. The number of nitrogens with zero attached hydrogens (tertiary/aromatic N) is 1. The molecule has 0 aliphatic heterocycles. The Morgan fingerprint density at radius 2 is 2.11 bits per heavy atom. The molecule has 0 aromatic carbocycles. The fourth-order valence-corrected chi connectivity index (χ4v) is 3.31. The Kier molecular flexibility index (Phi) is 3.68. The number of hydrogen-bond acceptors (Lipinski definition) is 5. The maximum absolute atomic E-state index is 11.6. The number of rotatable bonds is 3. The van der Waals surface area contributed by atoms with Crippen molar-refractivity contribution in [1.82, 2.24) is 4.57 Å². The summed E-state index contributed by atoms with van der Waals surface area (Å²) in [5.74, 6) is -0.330. The van der Waals surface area contributed by atoms with Crippen LogP contribution >= 0.6 is 22.7 Å². The van der Waals surface area contributed by atoms with Gasteiger partial charge in [0.1, 0.15) is 4.88 Å². The predicted molar refractivity (Wildman–Crippen MR) is 72.8 cm³/mol. The van der Waals surface area contributed by atoms with Gasteiger partial charge in [-0.2, -0.15) is 0 Å². The molecule has 0 aliphatic carbocycles. The van der Waals surface area contributed by atoms with Crippen LogP contribution in [-0.4, -0.2) is 17.6 Å².